The molecule has 6 heteroatoms. The van der Waals surface area contributed by atoms with Crippen molar-refractivity contribution < 1.29 is 14.3 Å². The summed E-state index contributed by atoms with van der Waals surface area (Å²) in [5, 5.41) is 2.65. The lowest BCUT2D eigenvalue weighted by atomic mass is 10.0. The van der Waals surface area contributed by atoms with Crippen LogP contribution in [-0.2, 0) is 11.2 Å². The SMILES string of the molecule is COc1cccc2c1N(CC(=O)N1CCNC1=O)CCC2. The van der Waals surface area contributed by atoms with Crippen LogP contribution in [0.3, 0.4) is 0 Å². The molecule has 1 saturated heterocycles. The predicted octanol–water partition coefficient (Wildman–Crippen LogP) is 1.000. The Morgan fingerprint density at radius 1 is 1.38 bits per heavy atom. The molecule has 1 aromatic carbocycles. The smallest absolute Gasteiger partial charge is 0.324 e. The normalized spacial score (nSPS) is 17.5. The van der Waals surface area contributed by atoms with E-state index in [0.29, 0.717) is 13.1 Å². The van der Waals surface area contributed by atoms with Gasteiger partial charge in [-0.25, -0.2) is 4.79 Å². The first-order valence-corrected chi connectivity index (χ1v) is 7.19. The molecule has 2 aliphatic heterocycles. The largest absolute Gasteiger partial charge is 0.495 e. The van der Waals surface area contributed by atoms with Crippen molar-refractivity contribution in [1.29, 1.82) is 0 Å². The third kappa shape index (κ3) is 2.53. The van der Waals surface area contributed by atoms with E-state index in [-0.39, 0.29) is 18.5 Å². The van der Waals surface area contributed by atoms with Gasteiger partial charge in [0.2, 0.25) is 5.91 Å². The Bertz CT molecular complexity index is 559. The molecule has 2 heterocycles. The minimum absolute atomic E-state index is 0.163. The number of hydrogen-bond donors (Lipinski definition) is 1. The predicted molar refractivity (Wildman–Crippen MR) is 78.6 cm³/mol. The van der Waals surface area contributed by atoms with Crippen LogP contribution >= 0.6 is 0 Å². The van der Waals surface area contributed by atoms with E-state index in [0.717, 1.165) is 30.8 Å². The molecule has 0 aliphatic carbocycles. The number of benzene rings is 1. The second-order valence-corrected chi connectivity index (χ2v) is 5.27. The topological polar surface area (TPSA) is 61.9 Å². The summed E-state index contributed by atoms with van der Waals surface area (Å²) in [5.74, 6) is 0.620. The Morgan fingerprint density at radius 3 is 2.95 bits per heavy atom. The van der Waals surface area contributed by atoms with E-state index in [2.05, 4.69) is 11.4 Å². The molecule has 2 aliphatic rings. The van der Waals surface area contributed by atoms with Crippen molar-refractivity contribution in [3.05, 3.63) is 23.8 Å². The van der Waals surface area contributed by atoms with Crippen LogP contribution in [-0.4, -0.2) is 50.1 Å². The molecule has 1 fully saturated rings. The number of anilines is 1. The highest BCUT2D eigenvalue weighted by Crippen LogP contribution is 2.35. The van der Waals surface area contributed by atoms with E-state index in [4.69, 9.17) is 4.74 Å². The number of imide groups is 1. The lowest BCUT2D eigenvalue weighted by molar-refractivity contribution is -0.126. The van der Waals surface area contributed by atoms with Crippen LogP contribution in [0.2, 0.25) is 0 Å². The standard InChI is InChI=1S/C15H19N3O3/c1-21-12-6-2-4-11-5-3-8-17(14(11)12)10-13(19)18-9-7-16-15(18)20/h2,4,6H,3,5,7-10H2,1H3,(H,16,20). The van der Waals surface area contributed by atoms with E-state index in [1.165, 1.54) is 10.5 Å². The van der Waals surface area contributed by atoms with E-state index < -0.39 is 0 Å². The number of urea groups is 1. The lowest BCUT2D eigenvalue weighted by Crippen LogP contribution is -2.43. The number of methoxy groups -OCH3 is 1. The zero-order chi connectivity index (χ0) is 14.8. The van der Waals surface area contributed by atoms with Crippen LogP contribution in [0.5, 0.6) is 5.75 Å². The zero-order valence-corrected chi connectivity index (χ0v) is 12.1. The van der Waals surface area contributed by atoms with Gasteiger partial charge in [0.05, 0.1) is 19.3 Å². The molecule has 1 aromatic rings. The molecule has 0 spiro atoms. The molecule has 3 rings (SSSR count). The van der Waals surface area contributed by atoms with Crippen molar-refractivity contribution in [3.63, 3.8) is 0 Å². The Hall–Kier alpha value is -2.24. The van der Waals surface area contributed by atoms with Crippen LogP contribution in [0.4, 0.5) is 10.5 Å². The van der Waals surface area contributed by atoms with Crippen molar-refractivity contribution in [2.75, 3.05) is 38.2 Å². The molecule has 3 amide bonds. The van der Waals surface area contributed by atoms with Crippen molar-refractivity contribution in [1.82, 2.24) is 10.2 Å². The quantitative estimate of drug-likeness (QED) is 0.902. The van der Waals surface area contributed by atoms with Gasteiger partial charge in [0.15, 0.2) is 0 Å². The molecule has 0 radical (unpaired) electrons. The zero-order valence-electron chi connectivity index (χ0n) is 12.1. The van der Waals surface area contributed by atoms with Gasteiger partial charge < -0.3 is 15.0 Å². The Morgan fingerprint density at radius 2 is 2.24 bits per heavy atom. The molecule has 6 nitrogen and oxygen atoms in total. The van der Waals surface area contributed by atoms with E-state index >= 15 is 0 Å². The third-order valence-corrected chi connectivity index (χ3v) is 3.98. The first kappa shape index (κ1) is 13.7. The summed E-state index contributed by atoms with van der Waals surface area (Å²) in [6, 6.07) is 5.65. The van der Waals surface area contributed by atoms with E-state index in [9.17, 15) is 9.59 Å². The maximum absolute atomic E-state index is 12.3. The van der Waals surface area contributed by atoms with Crippen molar-refractivity contribution >= 4 is 17.6 Å². The number of nitrogens with one attached hydrogen (secondary N) is 1. The van der Waals surface area contributed by atoms with Crippen LogP contribution < -0.4 is 15.0 Å². The summed E-state index contributed by atoms with van der Waals surface area (Å²) in [6.07, 6.45) is 1.99. The number of rotatable bonds is 3. The van der Waals surface area contributed by atoms with Crippen LogP contribution in [0.1, 0.15) is 12.0 Å². The summed E-state index contributed by atoms with van der Waals surface area (Å²) in [7, 11) is 1.64. The Kier molecular flexibility index (Phi) is 3.68. The number of ether oxygens (including phenoxy) is 1. The van der Waals surface area contributed by atoms with Crippen molar-refractivity contribution in [2.45, 2.75) is 12.8 Å². The summed E-state index contributed by atoms with van der Waals surface area (Å²) in [4.78, 5) is 27.2. The highest BCUT2D eigenvalue weighted by molar-refractivity contribution is 5.98. The number of aryl methyl sites for hydroxylation is 1. The average Bonchev–Trinajstić information content (AvgIpc) is 2.93. The van der Waals surface area contributed by atoms with Gasteiger partial charge in [-0.05, 0) is 24.5 Å². The monoisotopic (exact) mass is 289 g/mol. The number of nitrogens with zero attached hydrogens (tertiary/aromatic N) is 2. The van der Waals surface area contributed by atoms with Crippen molar-refractivity contribution in [3.8, 4) is 5.75 Å². The highest BCUT2D eigenvalue weighted by Gasteiger charge is 2.29. The number of carbonyl (C=O) groups is 2. The lowest BCUT2D eigenvalue weighted by Gasteiger charge is -2.32. The van der Waals surface area contributed by atoms with Crippen LogP contribution in [0.25, 0.3) is 0 Å². The molecule has 1 N–H and O–H groups in total. The highest BCUT2D eigenvalue weighted by atomic mass is 16.5. The minimum Gasteiger partial charge on any atom is -0.495 e. The van der Waals surface area contributed by atoms with Gasteiger partial charge in [0.25, 0.3) is 0 Å². The van der Waals surface area contributed by atoms with Gasteiger partial charge in [0.1, 0.15) is 5.75 Å². The average molecular weight is 289 g/mol. The fourth-order valence-electron chi connectivity index (χ4n) is 2.98. The number of carbonyl (C=O) groups excluding carboxylic acids is 2. The molecule has 112 valence electrons. The summed E-state index contributed by atoms with van der Waals surface area (Å²) in [5.41, 5.74) is 2.18. The van der Waals surface area contributed by atoms with Gasteiger partial charge in [-0.15, -0.1) is 0 Å². The molecular weight excluding hydrogens is 270 g/mol. The number of hydrogen-bond acceptors (Lipinski definition) is 4. The van der Waals surface area contributed by atoms with Gasteiger partial charge in [-0.2, -0.15) is 0 Å². The molecule has 0 bridgehead atoms. The molecule has 0 saturated carbocycles. The van der Waals surface area contributed by atoms with Gasteiger partial charge >= 0.3 is 6.03 Å². The van der Waals surface area contributed by atoms with Gasteiger partial charge in [-0.3, -0.25) is 9.69 Å². The number of amides is 3. The second-order valence-electron chi connectivity index (χ2n) is 5.27. The second kappa shape index (κ2) is 5.63. The Balaban J connectivity index is 1.82. The first-order valence-electron chi connectivity index (χ1n) is 7.19. The number of para-hydroxylation sites is 1. The molecule has 0 unspecified atom stereocenters. The molecule has 0 atom stereocenters. The molecular formula is C15H19N3O3. The van der Waals surface area contributed by atoms with Gasteiger partial charge in [-0.1, -0.05) is 12.1 Å². The molecule has 0 aromatic heterocycles. The Labute approximate surface area is 123 Å². The van der Waals surface area contributed by atoms with Crippen LogP contribution in [0, 0.1) is 0 Å². The summed E-state index contributed by atoms with van der Waals surface area (Å²) < 4.78 is 5.43. The fourth-order valence-corrected chi connectivity index (χ4v) is 2.98. The van der Waals surface area contributed by atoms with Gasteiger partial charge in [0, 0.05) is 19.6 Å². The minimum atomic E-state index is -0.294. The summed E-state index contributed by atoms with van der Waals surface area (Å²) in [6.45, 7) is 1.99. The third-order valence-electron chi connectivity index (χ3n) is 3.98. The maximum atomic E-state index is 12.3. The first-order chi connectivity index (χ1) is 10.2. The van der Waals surface area contributed by atoms with Crippen LogP contribution in [0.15, 0.2) is 18.2 Å². The maximum Gasteiger partial charge on any atom is 0.324 e. The van der Waals surface area contributed by atoms with E-state index in [1.807, 2.05) is 17.0 Å². The fraction of sp³-hybridized carbons (Fsp3) is 0.467. The van der Waals surface area contributed by atoms with E-state index in [1.54, 1.807) is 7.11 Å². The number of fused-ring (bicyclic) bond motifs is 1. The molecule has 21 heavy (non-hydrogen) atoms. The summed E-state index contributed by atoms with van der Waals surface area (Å²) >= 11 is 0. The van der Waals surface area contributed by atoms with Crippen molar-refractivity contribution in [2.24, 2.45) is 0 Å².